The molecule has 0 aliphatic rings. The van der Waals surface area contributed by atoms with E-state index < -0.39 is 17.4 Å². The Morgan fingerprint density at radius 2 is 1.85 bits per heavy atom. The van der Waals surface area contributed by atoms with Gasteiger partial charge in [-0.15, -0.1) is 0 Å². The van der Waals surface area contributed by atoms with Crippen LogP contribution in [-0.2, 0) is 14.3 Å². The van der Waals surface area contributed by atoms with Crippen LogP contribution in [0.15, 0.2) is 22.7 Å². The normalized spacial score (nSPS) is 14.8. The Bertz CT molecular complexity index is 674. The fraction of sp³-hybridized carbons (Fsp3) is 0.600. The van der Waals surface area contributed by atoms with Crippen molar-refractivity contribution < 1.29 is 19.1 Å². The minimum absolute atomic E-state index is 0.0695. The molecule has 1 aromatic carbocycles. The molecular weight excluding hydrogens is 434 g/mol. The molecule has 0 saturated heterocycles. The third kappa shape index (κ3) is 8.52. The van der Waals surface area contributed by atoms with Crippen molar-refractivity contribution in [3.05, 3.63) is 33.3 Å². The van der Waals surface area contributed by atoms with Crippen LogP contribution in [0.25, 0.3) is 0 Å². The van der Waals surface area contributed by atoms with E-state index in [4.69, 9.17) is 21.1 Å². The van der Waals surface area contributed by atoms with Gasteiger partial charge in [0, 0.05) is 22.3 Å². The van der Waals surface area contributed by atoms with Gasteiger partial charge in [0.1, 0.15) is 5.60 Å². The van der Waals surface area contributed by atoms with Gasteiger partial charge >= 0.3 is 12.1 Å². The van der Waals surface area contributed by atoms with Crippen molar-refractivity contribution in [2.45, 2.75) is 78.0 Å². The number of nitrogens with one attached hydrogen (secondary N) is 1. The number of amides is 1. The predicted octanol–water partition coefficient (Wildman–Crippen LogP) is 6.18. The van der Waals surface area contributed by atoms with Crippen molar-refractivity contribution in [1.29, 1.82) is 0 Å². The van der Waals surface area contributed by atoms with Crippen molar-refractivity contribution in [2.75, 3.05) is 0 Å². The molecule has 0 bridgehead atoms. The molecule has 0 saturated carbocycles. The Labute approximate surface area is 175 Å². The number of esters is 1. The number of carbonyl (C=O) groups excluding carboxylic acids is 2. The second-order valence-corrected chi connectivity index (χ2v) is 9.18. The first-order valence-corrected chi connectivity index (χ1v) is 10.2. The van der Waals surface area contributed by atoms with Crippen LogP contribution in [0.3, 0.4) is 0 Å². The Morgan fingerprint density at radius 3 is 2.37 bits per heavy atom. The van der Waals surface area contributed by atoms with Gasteiger partial charge in [-0.3, -0.25) is 10.1 Å². The van der Waals surface area contributed by atoms with Crippen molar-refractivity contribution in [3.63, 3.8) is 0 Å². The number of hydrogen-bond acceptors (Lipinski definition) is 4. The van der Waals surface area contributed by atoms with Crippen LogP contribution in [0.5, 0.6) is 0 Å². The molecule has 2 atom stereocenters. The van der Waals surface area contributed by atoms with E-state index in [0.29, 0.717) is 17.9 Å². The first-order chi connectivity index (χ1) is 12.3. The van der Waals surface area contributed by atoms with E-state index in [1.54, 1.807) is 27.7 Å². The summed E-state index contributed by atoms with van der Waals surface area (Å²) in [7, 11) is 0. The van der Waals surface area contributed by atoms with Crippen LogP contribution >= 0.6 is 27.5 Å². The molecule has 0 aliphatic carbocycles. The Hall–Kier alpha value is -1.27. The first-order valence-electron chi connectivity index (χ1n) is 9.03. The molecule has 1 aromatic rings. The number of halogens is 2. The van der Waals surface area contributed by atoms with Gasteiger partial charge in [-0.25, -0.2) is 4.79 Å². The molecule has 0 aromatic heterocycles. The monoisotopic (exact) mass is 461 g/mol. The van der Waals surface area contributed by atoms with Gasteiger partial charge in [-0.05, 0) is 57.7 Å². The summed E-state index contributed by atoms with van der Waals surface area (Å²) in [6.45, 7) is 10.9. The van der Waals surface area contributed by atoms with Crippen molar-refractivity contribution >= 4 is 39.6 Å². The maximum Gasteiger partial charge on any atom is 0.410 e. The molecule has 152 valence electrons. The Balaban J connectivity index is 3.01. The van der Waals surface area contributed by atoms with Crippen LogP contribution < -0.4 is 5.32 Å². The topological polar surface area (TPSA) is 64.6 Å². The van der Waals surface area contributed by atoms with Gasteiger partial charge in [0.2, 0.25) is 0 Å². The maximum atomic E-state index is 12.3. The highest BCUT2D eigenvalue weighted by Crippen LogP contribution is 2.33. The minimum Gasteiger partial charge on any atom is -0.444 e. The predicted molar refractivity (Wildman–Crippen MR) is 111 cm³/mol. The SMILES string of the molecule is CCCC(=O)OC(C)(CC(C)c1ccc(Br)cc1Cl)NC(=O)OC(C)(C)C. The summed E-state index contributed by atoms with van der Waals surface area (Å²) in [5.41, 5.74) is -0.965. The molecular formula is C20H29BrClNO4. The molecule has 5 nitrogen and oxygen atoms in total. The van der Waals surface area contributed by atoms with E-state index in [9.17, 15) is 9.59 Å². The van der Waals surface area contributed by atoms with Crippen LogP contribution in [-0.4, -0.2) is 23.4 Å². The van der Waals surface area contributed by atoms with Crippen molar-refractivity contribution in [3.8, 4) is 0 Å². The fourth-order valence-electron chi connectivity index (χ4n) is 2.74. The number of benzene rings is 1. The maximum absolute atomic E-state index is 12.3. The van der Waals surface area contributed by atoms with E-state index in [1.165, 1.54) is 0 Å². The van der Waals surface area contributed by atoms with Gasteiger partial charge < -0.3 is 9.47 Å². The van der Waals surface area contributed by atoms with Gasteiger partial charge in [-0.2, -0.15) is 0 Å². The largest absolute Gasteiger partial charge is 0.444 e. The third-order valence-electron chi connectivity index (χ3n) is 3.75. The standard InChI is InChI=1S/C20H29BrClNO4/c1-7-8-17(24)26-20(6,23-18(25)27-19(3,4)5)12-13(2)15-10-9-14(21)11-16(15)22/h9-11,13H,7-8,12H2,1-6H3,(H,23,25). The second kappa shape index (κ2) is 9.78. The van der Waals surface area contributed by atoms with E-state index in [-0.39, 0.29) is 18.3 Å². The summed E-state index contributed by atoms with van der Waals surface area (Å²) in [5.74, 6) is -0.440. The zero-order valence-corrected chi connectivity index (χ0v) is 19.2. The van der Waals surface area contributed by atoms with Crippen molar-refractivity contribution in [2.24, 2.45) is 0 Å². The van der Waals surface area contributed by atoms with Crippen LogP contribution in [0, 0.1) is 0 Å². The van der Waals surface area contributed by atoms with Crippen LogP contribution in [0.2, 0.25) is 5.02 Å². The molecule has 0 heterocycles. The summed E-state index contributed by atoms with van der Waals surface area (Å²) < 4.78 is 11.8. The summed E-state index contributed by atoms with van der Waals surface area (Å²) in [5, 5.41) is 3.32. The van der Waals surface area contributed by atoms with Crippen molar-refractivity contribution in [1.82, 2.24) is 5.32 Å². The number of hydrogen-bond donors (Lipinski definition) is 1. The lowest BCUT2D eigenvalue weighted by atomic mass is 9.92. The molecule has 1 rings (SSSR count). The highest BCUT2D eigenvalue weighted by atomic mass is 79.9. The quantitative estimate of drug-likeness (QED) is 0.388. The minimum atomic E-state index is -1.22. The summed E-state index contributed by atoms with van der Waals surface area (Å²) >= 11 is 9.74. The Kier molecular flexibility index (Phi) is 8.61. The second-order valence-electron chi connectivity index (χ2n) is 7.85. The molecule has 1 N–H and O–H groups in total. The van der Waals surface area contributed by atoms with Crippen LogP contribution in [0.4, 0.5) is 4.79 Å². The van der Waals surface area contributed by atoms with Crippen LogP contribution in [0.1, 0.15) is 72.3 Å². The number of rotatable bonds is 7. The molecule has 0 radical (unpaired) electrons. The molecule has 7 heteroatoms. The van der Waals surface area contributed by atoms with E-state index >= 15 is 0 Å². The van der Waals surface area contributed by atoms with E-state index in [1.807, 2.05) is 32.0 Å². The molecule has 27 heavy (non-hydrogen) atoms. The smallest absolute Gasteiger partial charge is 0.410 e. The molecule has 0 spiro atoms. The first kappa shape index (κ1) is 23.8. The molecule has 2 unspecified atom stereocenters. The summed E-state index contributed by atoms with van der Waals surface area (Å²) in [4.78, 5) is 24.4. The third-order valence-corrected chi connectivity index (χ3v) is 4.57. The molecule has 0 aliphatic heterocycles. The number of carbonyl (C=O) groups is 2. The van der Waals surface area contributed by atoms with E-state index in [2.05, 4.69) is 21.2 Å². The molecule has 0 fully saturated rings. The average molecular weight is 463 g/mol. The number of alkyl carbamates (subject to hydrolysis) is 1. The number of ether oxygens (including phenoxy) is 2. The van der Waals surface area contributed by atoms with Gasteiger partial charge in [0.15, 0.2) is 5.72 Å². The molecule has 1 amide bonds. The van der Waals surface area contributed by atoms with E-state index in [0.717, 1.165) is 10.0 Å². The zero-order chi connectivity index (χ0) is 20.8. The average Bonchev–Trinajstić information content (AvgIpc) is 2.43. The lowest BCUT2D eigenvalue weighted by Crippen LogP contribution is -2.51. The summed E-state index contributed by atoms with van der Waals surface area (Å²) in [6, 6.07) is 5.63. The lowest BCUT2D eigenvalue weighted by Gasteiger charge is -2.34. The van der Waals surface area contributed by atoms with Gasteiger partial charge in [0.05, 0.1) is 0 Å². The summed E-state index contributed by atoms with van der Waals surface area (Å²) in [6.07, 6.45) is 0.653. The van der Waals surface area contributed by atoms with Gasteiger partial charge in [0.25, 0.3) is 0 Å². The Morgan fingerprint density at radius 1 is 1.22 bits per heavy atom. The zero-order valence-electron chi connectivity index (χ0n) is 16.8. The van der Waals surface area contributed by atoms with Gasteiger partial charge in [-0.1, -0.05) is 47.4 Å². The highest BCUT2D eigenvalue weighted by Gasteiger charge is 2.35. The highest BCUT2D eigenvalue weighted by molar-refractivity contribution is 9.10. The fourth-order valence-corrected chi connectivity index (χ4v) is 3.60. The lowest BCUT2D eigenvalue weighted by molar-refractivity contribution is -0.162.